The highest BCUT2D eigenvalue weighted by atomic mass is 15.1. The van der Waals surface area contributed by atoms with Gasteiger partial charge < -0.3 is 5.32 Å². The normalized spacial score (nSPS) is 27.8. The van der Waals surface area contributed by atoms with E-state index < -0.39 is 0 Å². The van der Waals surface area contributed by atoms with Gasteiger partial charge in [0.15, 0.2) is 0 Å². The first kappa shape index (κ1) is 6.81. The molecule has 1 aliphatic heterocycles. The summed E-state index contributed by atoms with van der Waals surface area (Å²) < 4.78 is 0. The molecule has 0 amide bonds. The van der Waals surface area contributed by atoms with Crippen LogP contribution in [0.5, 0.6) is 0 Å². The van der Waals surface area contributed by atoms with Crippen LogP contribution < -0.4 is 5.32 Å². The second-order valence-corrected chi connectivity index (χ2v) is 2.67. The van der Waals surface area contributed by atoms with Gasteiger partial charge in [-0.3, -0.25) is 0 Å². The molecule has 0 radical (unpaired) electrons. The van der Waals surface area contributed by atoms with Gasteiger partial charge in [0.05, 0.1) is 0 Å². The molecular formula is C8H15N. The van der Waals surface area contributed by atoms with E-state index in [-0.39, 0.29) is 0 Å². The fraction of sp³-hybridized carbons (Fsp3) is 0.750. The molecule has 1 nitrogen and oxygen atoms in total. The zero-order chi connectivity index (χ0) is 6.53. The van der Waals surface area contributed by atoms with E-state index in [1.807, 2.05) is 6.08 Å². The van der Waals surface area contributed by atoms with Crippen molar-refractivity contribution in [3.63, 3.8) is 0 Å². The number of hydrogen-bond acceptors (Lipinski definition) is 1. The summed E-state index contributed by atoms with van der Waals surface area (Å²) in [5.41, 5.74) is 0. The Labute approximate surface area is 57.1 Å². The molecule has 52 valence electrons. The third kappa shape index (κ3) is 2.19. The molecule has 9 heavy (non-hydrogen) atoms. The summed E-state index contributed by atoms with van der Waals surface area (Å²) in [7, 11) is 0. The first-order valence-electron chi connectivity index (χ1n) is 3.78. The minimum Gasteiger partial charge on any atom is -0.314 e. The highest BCUT2D eigenvalue weighted by Crippen LogP contribution is 2.09. The fourth-order valence-corrected chi connectivity index (χ4v) is 1.33. The van der Waals surface area contributed by atoms with Crippen molar-refractivity contribution in [2.24, 2.45) is 0 Å². The summed E-state index contributed by atoms with van der Waals surface area (Å²) in [4.78, 5) is 0. The van der Waals surface area contributed by atoms with Crippen molar-refractivity contribution < 1.29 is 0 Å². The smallest absolute Gasteiger partial charge is 0.0101 e. The van der Waals surface area contributed by atoms with Gasteiger partial charge >= 0.3 is 0 Å². The number of piperidine rings is 1. The molecule has 0 aliphatic carbocycles. The maximum atomic E-state index is 3.71. The number of hydrogen-bond donors (Lipinski definition) is 1. The monoisotopic (exact) mass is 126 g/mol. The Bertz CT molecular complexity index is 82.6. The van der Waals surface area contributed by atoms with Gasteiger partial charge in [0.25, 0.3) is 0 Å². The van der Waals surface area contributed by atoms with Gasteiger partial charge in [-0.2, -0.15) is 0 Å². The first-order valence-corrected chi connectivity index (χ1v) is 3.78. The van der Waals surface area contributed by atoms with E-state index in [2.05, 4.69) is 11.9 Å². The molecule has 1 saturated heterocycles. The Morgan fingerprint density at radius 3 is 3.00 bits per heavy atom. The van der Waals surface area contributed by atoms with E-state index in [1.54, 1.807) is 0 Å². The highest BCUT2D eigenvalue weighted by molar-refractivity contribution is 4.80. The third-order valence-corrected chi connectivity index (χ3v) is 1.86. The molecule has 1 atom stereocenters. The lowest BCUT2D eigenvalue weighted by atomic mass is 10.2. The van der Waals surface area contributed by atoms with E-state index >= 15 is 0 Å². The van der Waals surface area contributed by atoms with Crippen LogP contribution in [0.1, 0.15) is 25.7 Å². The summed E-state index contributed by atoms with van der Waals surface area (Å²) in [5.74, 6) is 0. The van der Waals surface area contributed by atoms with Gasteiger partial charge in [0.2, 0.25) is 0 Å². The minimum atomic E-state index is 0.733. The predicted molar refractivity (Wildman–Crippen MR) is 40.5 cm³/mol. The molecule has 1 rings (SSSR count). The van der Waals surface area contributed by atoms with Crippen LogP contribution in [0.25, 0.3) is 0 Å². The van der Waals surface area contributed by atoms with Gasteiger partial charge in [-0.15, -0.1) is 6.58 Å². The summed E-state index contributed by atoms with van der Waals surface area (Å²) >= 11 is 0. The van der Waals surface area contributed by atoms with Crippen molar-refractivity contribution in [1.29, 1.82) is 0 Å². The van der Waals surface area contributed by atoms with Crippen molar-refractivity contribution in [1.82, 2.24) is 5.32 Å². The van der Waals surface area contributed by atoms with E-state index in [0.29, 0.717) is 0 Å². The first-order chi connectivity index (χ1) is 4.43. The van der Waals surface area contributed by atoms with Crippen molar-refractivity contribution in [3.8, 4) is 0 Å². The van der Waals surface area contributed by atoms with Crippen molar-refractivity contribution in [2.45, 2.75) is 31.7 Å². The van der Waals surface area contributed by atoms with Crippen LogP contribution in [0.4, 0.5) is 0 Å². The molecule has 0 bridgehead atoms. The average Bonchev–Trinajstić information content (AvgIpc) is 1.91. The van der Waals surface area contributed by atoms with Crippen LogP contribution >= 0.6 is 0 Å². The molecule has 1 fully saturated rings. The zero-order valence-electron chi connectivity index (χ0n) is 5.90. The Morgan fingerprint density at radius 1 is 1.56 bits per heavy atom. The number of rotatable bonds is 2. The van der Waals surface area contributed by atoms with E-state index in [9.17, 15) is 0 Å². The maximum absolute atomic E-state index is 3.71. The van der Waals surface area contributed by atoms with Gasteiger partial charge in [-0.05, 0) is 25.8 Å². The Morgan fingerprint density at radius 2 is 2.44 bits per heavy atom. The molecule has 1 heteroatoms. The van der Waals surface area contributed by atoms with Crippen LogP contribution in [0.2, 0.25) is 0 Å². The summed E-state index contributed by atoms with van der Waals surface area (Å²) in [6.45, 7) is 4.92. The average molecular weight is 126 g/mol. The third-order valence-electron chi connectivity index (χ3n) is 1.86. The van der Waals surface area contributed by atoms with Gasteiger partial charge in [0.1, 0.15) is 0 Å². The van der Waals surface area contributed by atoms with Crippen LogP contribution in [-0.4, -0.2) is 12.6 Å². The van der Waals surface area contributed by atoms with Gasteiger partial charge in [-0.1, -0.05) is 12.5 Å². The zero-order valence-corrected chi connectivity index (χ0v) is 5.90. The predicted octanol–water partition coefficient (Wildman–Crippen LogP) is 1.70. The fourth-order valence-electron chi connectivity index (χ4n) is 1.33. The van der Waals surface area contributed by atoms with Gasteiger partial charge in [0, 0.05) is 6.04 Å². The van der Waals surface area contributed by atoms with Crippen molar-refractivity contribution >= 4 is 0 Å². The van der Waals surface area contributed by atoms with Crippen molar-refractivity contribution in [2.75, 3.05) is 6.54 Å². The Hall–Kier alpha value is -0.300. The van der Waals surface area contributed by atoms with Crippen LogP contribution in [0.3, 0.4) is 0 Å². The summed E-state index contributed by atoms with van der Waals surface area (Å²) in [6.07, 6.45) is 7.23. The second kappa shape index (κ2) is 3.67. The highest BCUT2D eigenvalue weighted by Gasteiger charge is 2.09. The molecule has 1 unspecified atom stereocenters. The minimum absolute atomic E-state index is 0.733. The van der Waals surface area contributed by atoms with Crippen LogP contribution in [-0.2, 0) is 0 Å². The van der Waals surface area contributed by atoms with E-state index in [0.717, 1.165) is 12.5 Å². The Balaban J connectivity index is 2.15. The van der Waals surface area contributed by atoms with Gasteiger partial charge in [-0.25, -0.2) is 0 Å². The van der Waals surface area contributed by atoms with Crippen LogP contribution in [0.15, 0.2) is 12.7 Å². The van der Waals surface area contributed by atoms with E-state index in [4.69, 9.17) is 0 Å². The molecular weight excluding hydrogens is 111 g/mol. The molecule has 1 heterocycles. The molecule has 0 aromatic rings. The summed E-state index contributed by atoms with van der Waals surface area (Å²) in [6, 6.07) is 0.733. The lowest BCUT2D eigenvalue weighted by Crippen LogP contribution is -2.33. The molecule has 0 aromatic carbocycles. The molecule has 0 aromatic heterocycles. The lowest BCUT2D eigenvalue weighted by molar-refractivity contribution is 0.404. The molecule has 0 spiro atoms. The second-order valence-electron chi connectivity index (χ2n) is 2.67. The topological polar surface area (TPSA) is 12.0 Å². The number of nitrogens with one attached hydrogen (secondary N) is 1. The SMILES string of the molecule is C=CC[13CH]1CCCCN1. The largest absolute Gasteiger partial charge is 0.314 e. The summed E-state index contributed by atoms with van der Waals surface area (Å²) in [5, 5.41) is 3.45. The maximum Gasteiger partial charge on any atom is 0.0101 e. The molecule has 1 aliphatic rings. The standard InChI is InChI=1S/C8H15N/c1-2-5-8-6-3-4-7-9-8/h2,8-9H,1,3-7H2/i8+1. The lowest BCUT2D eigenvalue weighted by Gasteiger charge is -2.21. The quantitative estimate of drug-likeness (QED) is 0.438. The van der Waals surface area contributed by atoms with Crippen molar-refractivity contribution in [3.05, 3.63) is 12.7 Å². The molecule has 0 saturated carbocycles. The molecule has 1 N–H and O–H groups in total. The Kier molecular flexibility index (Phi) is 2.78. The van der Waals surface area contributed by atoms with Crippen LogP contribution in [0, 0.1) is 0 Å². The van der Waals surface area contributed by atoms with E-state index in [1.165, 1.54) is 25.8 Å².